The van der Waals surface area contributed by atoms with E-state index in [-0.39, 0.29) is 0 Å². The lowest BCUT2D eigenvalue weighted by atomic mass is 9.92. The van der Waals surface area contributed by atoms with E-state index in [0.717, 1.165) is 6.42 Å². The van der Waals surface area contributed by atoms with E-state index in [9.17, 15) is 0 Å². The number of fused-ring (bicyclic) bond motifs is 1. The normalized spacial score (nSPS) is 20.3. The summed E-state index contributed by atoms with van der Waals surface area (Å²) in [7, 11) is 4.02. The van der Waals surface area contributed by atoms with Gasteiger partial charge in [0.15, 0.2) is 0 Å². The molecule has 5 heteroatoms. The molecule has 0 radical (unpaired) electrons. The Hall–Kier alpha value is -1.62. The van der Waals surface area contributed by atoms with Gasteiger partial charge in [-0.25, -0.2) is 0 Å². The van der Waals surface area contributed by atoms with Crippen molar-refractivity contribution in [3.63, 3.8) is 0 Å². The second-order valence-corrected chi connectivity index (χ2v) is 5.38. The molecule has 19 heavy (non-hydrogen) atoms. The van der Waals surface area contributed by atoms with Crippen LogP contribution in [0.15, 0.2) is 18.5 Å². The molecule has 0 bridgehead atoms. The number of aryl methyl sites for hydroxylation is 2. The Kier molecular flexibility index (Phi) is 3.14. The largest absolute Gasteiger partial charge is 0.302 e. The van der Waals surface area contributed by atoms with Crippen LogP contribution in [0.5, 0.6) is 0 Å². The predicted molar refractivity (Wildman–Crippen MR) is 73.6 cm³/mol. The Bertz CT molecular complexity index is 568. The third kappa shape index (κ3) is 2.18. The van der Waals surface area contributed by atoms with Crippen molar-refractivity contribution in [2.75, 3.05) is 0 Å². The SMILES string of the molecule is CC(NC1CCCc2c1cnn2C)c1ccnn1C. The van der Waals surface area contributed by atoms with Crippen LogP contribution in [0.1, 0.15) is 48.8 Å². The highest BCUT2D eigenvalue weighted by atomic mass is 15.3. The van der Waals surface area contributed by atoms with Crippen molar-refractivity contribution in [2.24, 2.45) is 14.1 Å². The molecule has 0 fully saturated rings. The Morgan fingerprint density at radius 2 is 2.16 bits per heavy atom. The van der Waals surface area contributed by atoms with Crippen molar-refractivity contribution >= 4 is 0 Å². The first-order valence-electron chi connectivity index (χ1n) is 6.91. The molecule has 3 rings (SSSR count). The summed E-state index contributed by atoms with van der Waals surface area (Å²) in [5.41, 5.74) is 3.96. The maximum atomic E-state index is 4.40. The van der Waals surface area contributed by atoms with Gasteiger partial charge in [0, 0.05) is 43.6 Å². The molecule has 2 atom stereocenters. The molecular weight excluding hydrogens is 238 g/mol. The average Bonchev–Trinajstić information content (AvgIpc) is 2.97. The molecule has 2 unspecified atom stereocenters. The van der Waals surface area contributed by atoms with E-state index < -0.39 is 0 Å². The Morgan fingerprint density at radius 3 is 2.89 bits per heavy atom. The van der Waals surface area contributed by atoms with Gasteiger partial charge >= 0.3 is 0 Å². The molecule has 0 amide bonds. The molecule has 0 aliphatic heterocycles. The van der Waals surface area contributed by atoms with Gasteiger partial charge in [-0.05, 0) is 32.3 Å². The summed E-state index contributed by atoms with van der Waals surface area (Å²) in [6.45, 7) is 2.20. The highest BCUT2D eigenvalue weighted by Crippen LogP contribution is 2.31. The molecule has 2 heterocycles. The van der Waals surface area contributed by atoms with Crippen LogP contribution in [0.25, 0.3) is 0 Å². The van der Waals surface area contributed by atoms with Gasteiger partial charge in [-0.3, -0.25) is 9.36 Å². The number of rotatable bonds is 3. The van der Waals surface area contributed by atoms with Crippen LogP contribution in [-0.4, -0.2) is 19.6 Å². The molecule has 2 aromatic heterocycles. The highest BCUT2D eigenvalue weighted by Gasteiger charge is 2.25. The summed E-state index contributed by atoms with van der Waals surface area (Å²) in [5.74, 6) is 0. The van der Waals surface area contributed by atoms with E-state index in [1.807, 2.05) is 35.9 Å². The molecule has 0 saturated carbocycles. The quantitative estimate of drug-likeness (QED) is 0.915. The second kappa shape index (κ2) is 4.81. The van der Waals surface area contributed by atoms with Crippen LogP contribution in [0.4, 0.5) is 0 Å². The zero-order valence-corrected chi connectivity index (χ0v) is 11.8. The van der Waals surface area contributed by atoms with Crippen LogP contribution in [0.2, 0.25) is 0 Å². The van der Waals surface area contributed by atoms with Gasteiger partial charge in [-0.2, -0.15) is 10.2 Å². The molecule has 2 aromatic rings. The molecule has 102 valence electrons. The van der Waals surface area contributed by atoms with Crippen LogP contribution < -0.4 is 5.32 Å². The van der Waals surface area contributed by atoms with Gasteiger partial charge in [0.2, 0.25) is 0 Å². The molecule has 5 nitrogen and oxygen atoms in total. The highest BCUT2D eigenvalue weighted by molar-refractivity contribution is 5.25. The minimum atomic E-state index is 0.295. The minimum Gasteiger partial charge on any atom is -0.302 e. The lowest BCUT2D eigenvalue weighted by molar-refractivity contribution is 0.399. The van der Waals surface area contributed by atoms with Crippen molar-refractivity contribution in [3.8, 4) is 0 Å². The van der Waals surface area contributed by atoms with Gasteiger partial charge in [-0.1, -0.05) is 0 Å². The van der Waals surface area contributed by atoms with Gasteiger partial charge in [0.05, 0.1) is 11.9 Å². The molecular formula is C14H21N5. The van der Waals surface area contributed by atoms with Crippen molar-refractivity contribution in [3.05, 3.63) is 35.4 Å². The first-order chi connectivity index (χ1) is 9.16. The predicted octanol–water partition coefficient (Wildman–Crippen LogP) is 1.88. The van der Waals surface area contributed by atoms with Crippen LogP contribution in [-0.2, 0) is 20.5 Å². The van der Waals surface area contributed by atoms with Crippen molar-refractivity contribution in [2.45, 2.75) is 38.3 Å². The zero-order valence-electron chi connectivity index (χ0n) is 11.8. The third-order valence-corrected chi connectivity index (χ3v) is 4.13. The van der Waals surface area contributed by atoms with Crippen molar-refractivity contribution < 1.29 is 0 Å². The van der Waals surface area contributed by atoms with Crippen LogP contribution in [0.3, 0.4) is 0 Å². The van der Waals surface area contributed by atoms with Crippen molar-refractivity contribution in [1.29, 1.82) is 0 Å². The molecule has 1 N–H and O–H groups in total. The van der Waals surface area contributed by atoms with Crippen molar-refractivity contribution in [1.82, 2.24) is 24.9 Å². The van der Waals surface area contributed by atoms with Gasteiger partial charge in [0.1, 0.15) is 0 Å². The van der Waals surface area contributed by atoms with E-state index in [1.165, 1.54) is 29.8 Å². The lowest BCUT2D eigenvalue weighted by Crippen LogP contribution is -2.28. The van der Waals surface area contributed by atoms with E-state index in [4.69, 9.17) is 0 Å². The number of nitrogens with one attached hydrogen (secondary N) is 1. The standard InChI is InChI=1S/C14H21N5/c1-10(13-7-8-15-18(13)2)17-12-5-4-6-14-11(12)9-16-19(14)3/h7-10,12,17H,4-6H2,1-3H3. The maximum absolute atomic E-state index is 4.40. The number of hydrogen-bond donors (Lipinski definition) is 1. The monoisotopic (exact) mass is 259 g/mol. The molecule has 0 spiro atoms. The fourth-order valence-electron chi connectivity index (χ4n) is 3.08. The Balaban J connectivity index is 1.80. The zero-order chi connectivity index (χ0) is 13.4. The minimum absolute atomic E-state index is 0.295. The number of hydrogen-bond acceptors (Lipinski definition) is 3. The summed E-state index contributed by atoms with van der Waals surface area (Å²) < 4.78 is 3.95. The van der Waals surface area contributed by atoms with E-state index in [1.54, 1.807) is 0 Å². The molecule has 1 aliphatic carbocycles. The third-order valence-electron chi connectivity index (χ3n) is 4.13. The molecule has 0 aromatic carbocycles. The van der Waals surface area contributed by atoms with E-state index in [2.05, 4.69) is 28.5 Å². The Morgan fingerprint density at radius 1 is 1.32 bits per heavy atom. The fourth-order valence-corrected chi connectivity index (χ4v) is 3.08. The van der Waals surface area contributed by atoms with E-state index in [0.29, 0.717) is 12.1 Å². The van der Waals surface area contributed by atoms with E-state index >= 15 is 0 Å². The summed E-state index contributed by atoms with van der Waals surface area (Å²) in [5, 5.41) is 12.4. The second-order valence-electron chi connectivity index (χ2n) is 5.38. The number of aromatic nitrogens is 4. The molecule has 0 saturated heterocycles. The van der Waals surface area contributed by atoms with Crippen LogP contribution in [0, 0.1) is 0 Å². The molecule has 1 aliphatic rings. The Labute approximate surface area is 113 Å². The van der Waals surface area contributed by atoms with Gasteiger partial charge < -0.3 is 5.32 Å². The number of nitrogens with zero attached hydrogens (tertiary/aromatic N) is 4. The summed E-state index contributed by atoms with van der Waals surface area (Å²) in [6.07, 6.45) is 7.42. The summed E-state index contributed by atoms with van der Waals surface area (Å²) in [4.78, 5) is 0. The first kappa shape index (κ1) is 12.4. The average molecular weight is 259 g/mol. The van der Waals surface area contributed by atoms with Gasteiger partial charge in [-0.15, -0.1) is 0 Å². The maximum Gasteiger partial charge on any atom is 0.0547 e. The topological polar surface area (TPSA) is 47.7 Å². The smallest absolute Gasteiger partial charge is 0.0547 e. The summed E-state index contributed by atoms with van der Waals surface area (Å²) in [6, 6.07) is 2.77. The lowest BCUT2D eigenvalue weighted by Gasteiger charge is -2.27. The fraction of sp³-hybridized carbons (Fsp3) is 0.571. The summed E-state index contributed by atoms with van der Waals surface area (Å²) >= 11 is 0. The first-order valence-corrected chi connectivity index (χ1v) is 6.91. The van der Waals surface area contributed by atoms with Gasteiger partial charge in [0.25, 0.3) is 0 Å². The van der Waals surface area contributed by atoms with Crippen LogP contribution >= 0.6 is 0 Å².